The third-order valence-corrected chi connectivity index (χ3v) is 2.75. The van der Waals surface area contributed by atoms with Crippen LogP contribution in [0.3, 0.4) is 0 Å². The topological polar surface area (TPSA) is 41.6 Å². The summed E-state index contributed by atoms with van der Waals surface area (Å²) in [5.41, 5.74) is 5.88. The molecule has 1 aliphatic carbocycles. The molecule has 2 rings (SSSR count). The summed E-state index contributed by atoms with van der Waals surface area (Å²) in [5.74, 6) is 2.59. The molecule has 3 nitrogen and oxygen atoms in total. The Labute approximate surface area is 80.0 Å². The average Bonchev–Trinajstić information content (AvgIpc) is 2.55. The Morgan fingerprint density at radius 2 is 1.85 bits per heavy atom. The van der Waals surface area contributed by atoms with Gasteiger partial charge in [0.05, 0.1) is 5.54 Å². The maximum absolute atomic E-state index is 5.92. The molecule has 2 N–H and O–H groups in total. The second-order valence-electron chi connectivity index (χ2n) is 5.30. The van der Waals surface area contributed by atoms with Crippen LogP contribution >= 0.6 is 0 Å². The minimum absolute atomic E-state index is 0.0448. The molecule has 0 aromatic carbocycles. The third-order valence-electron chi connectivity index (χ3n) is 2.75. The Balaban J connectivity index is 1.97. The van der Waals surface area contributed by atoms with Crippen molar-refractivity contribution in [2.45, 2.75) is 32.7 Å². The highest BCUT2D eigenvalue weighted by Gasteiger charge is 2.45. The lowest BCUT2D eigenvalue weighted by Crippen LogP contribution is -2.38. The summed E-state index contributed by atoms with van der Waals surface area (Å²) in [5, 5.41) is 0. The van der Waals surface area contributed by atoms with E-state index in [9.17, 15) is 0 Å². The number of hydrogen-bond acceptors (Lipinski definition) is 1. The van der Waals surface area contributed by atoms with E-state index in [-0.39, 0.29) is 5.54 Å². The first kappa shape index (κ1) is 8.85. The molecule has 1 saturated carbocycles. The highest BCUT2D eigenvalue weighted by atomic mass is 15.3. The number of rotatable bonds is 0. The van der Waals surface area contributed by atoms with Gasteiger partial charge in [0.25, 0.3) is 0 Å². The summed E-state index contributed by atoms with van der Waals surface area (Å²) >= 11 is 0. The first-order chi connectivity index (χ1) is 5.96. The van der Waals surface area contributed by atoms with Gasteiger partial charge in [-0.2, -0.15) is 0 Å². The van der Waals surface area contributed by atoms with Crippen LogP contribution in [0.15, 0.2) is 4.99 Å². The van der Waals surface area contributed by atoms with E-state index < -0.39 is 0 Å². The number of hydrogen-bond donors (Lipinski definition) is 1. The van der Waals surface area contributed by atoms with E-state index in [1.807, 2.05) is 0 Å². The van der Waals surface area contributed by atoms with Crippen molar-refractivity contribution < 1.29 is 0 Å². The molecule has 0 amide bonds. The lowest BCUT2D eigenvalue weighted by Gasteiger charge is -2.22. The monoisotopic (exact) mass is 181 g/mol. The molecule has 13 heavy (non-hydrogen) atoms. The molecule has 1 saturated heterocycles. The Hall–Kier alpha value is -0.730. The van der Waals surface area contributed by atoms with Crippen molar-refractivity contribution in [2.75, 3.05) is 13.1 Å². The van der Waals surface area contributed by atoms with Crippen LogP contribution in [-0.4, -0.2) is 29.5 Å². The first-order valence-corrected chi connectivity index (χ1v) is 5.06. The largest absolute Gasteiger partial charge is 0.370 e. The van der Waals surface area contributed by atoms with E-state index in [4.69, 9.17) is 5.73 Å². The Bertz CT molecular complexity index is 229. The highest BCUT2D eigenvalue weighted by molar-refractivity contribution is 5.79. The molecule has 1 heterocycles. The maximum Gasteiger partial charge on any atom is 0.191 e. The molecule has 2 aliphatic rings. The van der Waals surface area contributed by atoms with E-state index in [1.165, 1.54) is 6.42 Å². The van der Waals surface area contributed by atoms with Gasteiger partial charge in [-0.05, 0) is 39.0 Å². The quantitative estimate of drug-likeness (QED) is 0.448. The second-order valence-corrected chi connectivity index (χ2v) is 5.30. The van der Waals surface area contributed by atoms with Gasteiger partial charge in [-0.3, -0.25) is 0 Å². The predicted molar refractivity (Wildman–Crippen MR) is 54.5 cm³/mol. The van der Waals surface area contributed by atoms with Gasteiger partial charge >= 0.3 is 0 Å². The van der Waals surface area contributed by atoms with Gasteiger partial charge in [-0.15, -0.1) is 0 Å². The molecule has 0 aromatic rings. The summed E-state index contributed by atoms with van der Waals surface area (Å²) in [4.78, 5) is 6.69. The van der Waals surface area contributed by atoms with Gasteiger partial charge < -0.3 is 10.6 Å². The van der Waals surface area contributed by atoms with Crippen molar-refractivity contribution in [2.24, 2.45) is 22.6 Å². The van der Waals surface area contributed by atoms with Crippen LogP contribution in [0.1, 0.15) is 27.2 Å². The summed E-state index contributed by atoms with van der Waals surface area (Å²) in [6.45, 7) is 8.51. The van der Waals surface area contributed by atoms with E-state index in [0.717, 1.165) is 30.9 Å². The SMILES string of the molecule is CC(C)(C)N=C(N)N1CC2CC2C1. The molecule has 2 atom stereocenters. The van der Waals surface area contributed by atoms with E-state index in [1.54, 1.807) is 0 Å². The number of nitrogens with two attached hydrogens (primary N) is 1. The number of piperidine rings is 1. The number of fused-ring (bicyclic) bond motifs is 1. The second kappa shape index (κ2) is 2.63. The van der Waals surface area contributed by atoms with Crippen molar-refractivity contribution >= 4 is 5.96 Å². The molecule has 0 bridgehead atoms. The third kappa shape index (κ3) is 1.95. The Kier molecular flexibility index (Phi) is 1.79. The summed E-state index contributed by atoms with van der Waals surface area (Å²) in [7, 11) is 0. The summed E-state index contributed by atoms with van der Waals surface area (Å²) in [6.07, 6.45) is 1.42. The number of aliphatic imine (C=N–C) groups is 1. The lowest BCUT2D eigenvalue weighted by atomic mass is 10.1. The predicted octanol–water partition coefficient (Wildman–Crippen LogP) is 1.05. The number of nitrogens with zero attached hydrogens (tertiary/aromatic N) is 2. The Morgan fingerprint density at radius 1 is 1.31 bits per heavy atom. The van der Waals surface area contributed by atoms with Crippen LogP contribution in [0.2, 0.25) is 0 Å². The molecule has 3 heteroatoms. The molecule has 2 unspecified atom stereocenters. The zero-order chi connectivity index (χ0) is 9.64. The van der Waals surface area contributed by atoms with Gasteiger partial charge in [0.2, 0.25) is 0 Å². The molecule has 0 radical (unpaired) electrons. The smallest absolute Gasteiger partial charge is 0.191 e. The molecule has 2 fully saturated rings. The normalized spacial score (nSPS) is 33.5. The number of likely N-dealkylation sites (tertiary alicyclic amines) is 1. The fraction of sp³-hybridized carbons (Fsp3) is 0.900. The minimum Gasteiger partial charge on any atom is -0.370 e. The molecule has 0 spiro atoms. The first-order valence-electron chi connectivity index (χ1n) is 5.06. The highest BCUT2D eigenvalue weighted by Crippen LogP contribution is 2.44. The maximum atomic E-state index is 5.92. The lowest BCUT2D eigenvalue weighted by molar-refractivity contribution is 0.443. The molecular weight excluding hydrogens is 162 g/mol. The van der Waals surface area contributed by atoms with Crippen molar-refractivity contribution in [3.05, 3.63) is 0 Å². The van der Waals surface area contributed by atoms with Crippen LogP contribution < -0.4 is 5.73 Å². The molecule has 1 aliphatic heterocycles. The zero-order valence-electron chi connectivity index (χ0n) is 8.75. The van der Waals surface area contributed by atoms with Gasteiger partial charge in [-0.1, -0.05) is 0 Å². The van der Waals surface area contributed by atoms with Crippen molar-refractivity contribution in [1.82, 2.24) is 4.90 Å². The van der Waals surface area contributed by atoms with Crippen molar-refractivity contribution in [3.8, 4) is 0 Å². The molecule has 74 valence electrons. The standard InChI is InChI=1S/C10H19N3/c1-10(2,3)12-9(11)13-5-7-4-8(7)6-13/h7-8H,4-6H2,1-3H3,(H2,11,12). The molecular formula is C10H19N3. The minimum atomic E-state index is -0.0448. The van der Waals surface area contributed by atoms with Crippen molar-refractivity contribution in [1.29, 1.82) is 0 Å². The van der Waals surface area contributed by atoms with Gasteiger partial charge in [-0.25, -0.2) is 4.99 Å². The number of guanidine groups is 1. The van der Waals surface area contributed by atoms with Crippen LogP contribution in [0.4, 0.5) is 0 Å². The van der Waals surface area contributed by atoms with Gasteiger partial charge in [0, 0.05) is 13.1 Å². The van der Waals surface area contributed by atoms with E-state index in [0.29, 0.717) is 0 Å². The Morgan fingerprint density at radius 3 is 2.31 bits per heavy atom. The van der Waals surface area contributed by atoms with Crippen LogP contribution in [0.5, 0.6) is 0 Å². The average molecular weight is 181 g/mol. The van der Waals surface area contributed by atoms with Gasteiger partial charge in [0.15, 0.2) is 5.96 Å². The van der Waals surface area contributed by atoms with E-state index in [2.05, 4.69) is 30.7 Å². The van der Waals surface area contributed by atoms with Crippen LogP contribution in [-0.2, 0) is 0 Å². The van der Waals surface area contributed by atoms with Crippen LogP contribution in [0, 0.1) is 11.8 Å². The van der Waals surface area contributed by atoms with Gasteiger partial charge in [0.1, 0.15) is 0 Å². The summed E-state index contributed by atoms with van der Waals surface area (Å²) < 4.78 is 0. The fourth-order valence-electron chi connectivity index (χ4n) is 2.00. The fourth-order valence-corrected chi connectivity index (χ4v) is 2.00. The van der Waals surface area contributed by atoms with Crippen LogP contribution in [0.25, 0.3) is 0 Å². The van der Waals surface area contributed by atoms with E-state index >= 15 is 0 Å². The zero-order valence-corrected chi connectivity index (χ0v) is 8.75. The summed E-state index contributed by atoms with van der Waals surface area (Å²) in [6, 6.07) is 0. The molecule has 0 aromatic heterocycles. The van der Waals surface area contributed by atoms with Crippen molar-refractivity contribution in [3.63, 3.8) is 0 Å².